The number of carbonyl (C=O) groups is 4. The van der Waals surface area contributed by atoms with E-state index in [1.54, 1.807) is 18.2 Å². The van der Waals surface area contributed by atoms with Crippen molar-refractivity contribution in [2.75, 3.05) is 13.1 Å². The molecule has 29 heavy (non-hydrogen) atoms. The summed E-state index contributed by atoms with van der Waals surface area (Å²) < 4.78 is 0. The number of amides is 3. The summed E-state index contributed by atoms with van der Waals surface area (Å²) in [7, 11) is 0. The molecule has 0 saturated carbocycles. The number of imide groups is 1. The number of nitrogens with zero attached hydrogens (tertiary/aromatic N) is 1. The lowest BCUT2D eigenvalue weighted by atomic mass is 10.2. The molecule has 150 valence electrons. The lowest BCUT2D eigenvalue weighted by Gasteiger charge is -2.12. The highest BCUT2D eigenvalue weighted by Crippen LogP contribution is 2.33. The average molecular weight is 452 g/mol. The van der Waals surface area contributed by atoms with E-state index in [-0.39, 0.29) is 29.5 Å². The minimum Gasteiger partial charge on any atom is -0.356 e. The van der Waals surface area contributed by atoms with Gasteiger partial charge in [-0.05, 0) is 48.5 Å². The molecule has 2 N–H and O–H groups in total. The molecule has 1 aliphatic heterocycles. The van der Waals surface area contributed by atoms with Gasteiger partial charge in [0.15, 0.2) is 5.78 Å². The van der Waals surface area contributed by atoms with E-state index in [0.29, 0.717) is 21.2 Å². The lowest BCUT2D eigenvalue weighted by Crippen LogP contribution is -2.37. The predicted octanol–water partition coefficient (Wildman–Crippen LogP) is 3.99. The highest BCUT2D eigenvalue weighted by atomic mass is 35.5. The van der Waals surface area contributed by atoms with Crippen LogP contribution in [0.5, 0.6) is 0 Å². The number of aromatic nitrogens is 1. The molecule has 0 aliphatic carbocycles. The second-order valence-corrected chi connectivity index (χ2v) is 7.95. The molecule has 0 spiro atoms. The van der Waals surface area contributed by atoms with Gasteiger partial charge in [0.1, 0.15) is 5.69 Å². The van der Waals surface area contributed by atoms with Gasteiger partial charge in [-0.3, -0.25) is 24.1 Å². The first-order valence-corrected chi connectivity index (χ1v) is 10.0. The van der Waals surface area contributed by atoms with Crippen LogP contribution in [0.4, 0.5) is 4.79 Å². The molecule has 0 radical (unpaired) electrons. The molecule has 0 atom stereocenters. The molecule has 1 aliphatic rings. The number of carbonyl (C=O) groups excluding carboxylic acids is 4. The minimum absolute atomic E-state index is 0.0162. The number of ketones is 1. The minimum atomic E-state index is -0.459. The third kappa shape index (κ3) is 4.90. The van der Waals surface area contributed by atoms with Gasteiger partial charge in [-0.15, -0.1) is 0 Å². The van der Waals surface area contributed by atoms with Crippen molar-refractivity contribution < 1.29 is 19.2 Å². The van der Waals surface area contributed by atoms with Crippen molar-refractivity contribution in [2.45, 2.75) is 6.92 Å². The summed E-state index contributed by atoms with van der Waals surface area (Å²) in [4.78, 5) is 52.1. The van der Waals surface area contributed by atoms with E-state index >= 15 is 0 Å². The molecule has 0 unspecified atom stereocenters. The second kappa shape index (κ2) is 8.86. The fraction of sp³-hybridized carbons (Fsp3) is 0.158. The van der Waals surface area contributed by atoms with Gasteiger partial charge in [-0.2, -0.15) is 0 Å². The Morgan fingerprint density at radius 2 is 2.00 bits per heavy atom. The fourth-order valence-electron chi connectivity index (χ4n) is 2.56. The predicted molar refractivity (Wildman–Crippen MR) is 112 cm³/mol. The summed E-state index contributed by atoms with van der Waals surface area (Å²) in [6, 6.07) is 6.28. The van der Waals surface area contributed by atoms with Crippen molar-refractivity contribution in [1.82, 2.24) is 15.2 Å². The molecular weight excluding hydrogens is 437 g/mol. The number of nitrogens with one attached hydrogen (secondary N) is 2. The molecule has 0 bridgehead atoms. The number of rotatable bonds is 6. The Hall–Kier alpha value is -2.55. The highest BCUT2D eigenvalue weighted by molar-refractivity contribution is 8.18. The summed E-state index contributed by atoms with van der Waals surface area (Å²) >= 11 is 12.8. The van der Waals surface area contributed by atoms with Crippen LogP contribution >= 0.6 is 35.0 Å². The van der Waals surface area contributed by atoms with Crippen LogP contribution < -0.4 is 5.32 Å². The number of hydrogen-bond donors (Lipinski definition) is 2. The van der Waals surface area contributed by atoms with E-state index in [4.69, 9.17) is 23.2 Å². The maximum Gasteiger partial charge on any atom is 0.293 e. The quantitative estimate of drug-likeness (QED) is 0.510. The molecular formula is C19H15Cl2N3O4S. The summed E-state index contributed by atoms with van der Waals surface area (Å²) in [6.07, 6.45) is 2.98. The highest BCUT2D eigenvalue weighted by Gasteiger charge is 2.34. The zero-order valence-electron chi connectivity index (χ0n) is 15.1. The normalized spacial score (nSPS) is 15.3. The van der Waals surface area contributed by atoms with Crippen molar-refractivity contribution >= 4 is 63.9 Å². The number of aromatic amines is 1. The van der Waals surface area contributed by atoms with Gasteiger partial charge in [0.2, 0.25) is 0 Å². The van der Waals surface area contributed by atoms with Gasteiger partial charge in [-0.1, -0.05) is 29.3 Å². The fourth-order valence-corrected chi connectivity index (χ4v) is 3.88. The van der Waals surface area contributed by atoms with Crippen molar-refractivity contribution in [2.24, 2.45) is 0 Å². The van der Waals surface area contributed by atoms with Crippen molar-refractivity contribution in [1.29, 1.82) is 0 Å². The number of Topliss-reactive ketones (excluding diaryl/α,β-unsaturated/α-hetero) is 1. The van der Waals surface area contributed by atoms with Crippen molar-refractivity contribution in [3.63, 3.8) is 0 Å². The lowest BCUT2D eigenvalue weighted by molar-refractivity contribution is -0.122. The summed E-state index contributed by atoms with van der Waals surface area (Å²) in [6.45, 7) is 1.48. The number of thioether (sulfide) groups is 1. The second-order valence-electron chi connectivity index (χ2n) is 6.11. The van der Waals surface area contributed by atoms with Gasteiger partial charge in [0, 0.05) is 34.9 Å². The molecule has 7 nitrogen and oxygen atoms in total. The van der Waals surface area contributed by atoms with E-state index in [1.165, 1.54) is 25.3 Å². The molecule has 1 aromatic carbocycles. The van der Waals surface area contributed by atoms with Crippen LogP contribution in [0.15, 0.2) is 35.4 Å². The van der Waals surface area contributed by atoms with Gasteiger partial charge in [-0.25, -0.2) is 0 Å². The Morgan fingerprint density at radius 3 is 2.66 bits per heavy atom. The molecule has 1 aromatic heterocycles. The molecule has 3 rings (SSSR count). The van der Waals surface area contributed by atoms with E-state index in [2.05, 4.69) is 10.3 Å². The third-order valence-corrected chi connectivity index (χ3v) is 5.55. The molecule has 2 aromatic rings. The van der Waals surface area contributed by atoms with Crippen LogP contribution in [-0.2, 0) is 4.79 Å². The first kappa shape index (κ1) is 21.2. The van der Waals surface area contributed by atoms with Crippen LogP contribution in [0.3, 0.4) is 0 Å². The van der Waals surface area contributed by atoms with Crippen molar-refractivity contribution in [3.8, 4) is 0 Å². The molecule has 1 fully saturated rings. The Morgan fingerprint density at radius 1 is 1.24 bits per heavy atom. The maximum atomic E-state index is 12.5. The smallest absolute Gasteiger partial charge is 0.293 e. The monoisotopic (exact) mass is 451 g/mol. The summed E-state index contributed by atoms with van der Waals surface area (Å²) in [5, 5.41) is 3.01. The van der Waals surface area contributed by atoms with Gasteiger partial charge < -0.3 is 10.3 Å². The molecule has 3 amide bonds. The average Bonchev–Trinajstić information content (AvgIpc) is 3.25. The summed E-state index contributed by atoms with van der Waals surface area (Å²) in [5.41, 5.74) is 1.19. The zero-order valence-corrected chi connectivity index (χ0v) is 17.5. The zero-order chi connectivity index (χ0) is 21.1. The van der Waals surface area contributed by atoms with Crippen LogP contribution in [0.25, 0.3) is 6.08 Å². The number of halogens is 2. The number of benzene rings is 1. The van der Waals surface area contributed by atoms with Crippen LogP contribution in [0.1, 0.15) is 33.3 Å². The SMILES string of the molecule is CC(=O)c1c[nH]c(C(=O)NCCN2C(=O)SC(=Cc3ccc(Cl)cc3Cl)C2=O)c1. The third-order valence-electron chi connectivity index (χ3n) is 4.08. The van der Waals surface area contributed by atoms with Crippen LogP contribution in [0, 0.1) is 0 Å². The first-order valence-electron chi connectivity index (χ1n) is 8.44. The molecule has 2 heterocycles. The topological polar surface area (TPSA) is 99.3 Å². The Labute approximate surface area is 180 Å². The largest absolute Gasteiger partial charge is 0.356 e. The first-order chi connectivity index (χ1) is 13.8. The Bertz CT molecular complexity index is 1050. The van der Waals surface area contributed by atoms with E-state index in [9.17, 15) is 19.2 Å². The molecule has 1 saturated heterocycles. The van der Waals surface area contributed by atoms with Gasteiger partial charge in [0.05, 0.1) is 4.91 Å². The Kier molecular flexibility index (Phi) is 6.46. The van der Waals surface area contributed by atoms with Crippen molar-refractivity contribution in [3.05, 3.63) is 62.2 Å². The van der Waals surface area contributed by atoms with Crippen LogP contribution in [0.2, 0.25) is 10.0 Å². The van der Waals surface area contributed by atoms with E-state index in [1.807, 2.05) is 0 Å². The van der Waals surface area contributed by atoms with Gasteiger partial charge in [0.25, 0.3) is 17.1 Å². The van der Waals surface area contributed by atoms with Gasteiger partial charge >= 0.3 is 0 Å². The van der Waals surface area contributed by atoms with Crippen LogP contribution in [-0.4, -0.2) is 45.8 Å². The van der Waals surface area contributed by atoms with E-state index < -0.39 is 17.1 Å². The number of H-pyrrole nitrogens is 1. The molecule has 10 heteroatoms. The van der Waals surface area contributed by atoms with E-state index in [0.717, 1.165) is 16.7 Å². The summed E-state index contributed by atoms with van der Waals surface area (Å²) in [5.74, 6) is -1.06. The maximum absolute atomic E-state index is 12.5. The Balaban J connectivity index is 1.60. The number of hydrogen-bond acceptors (Lipinski definition) is 5. The standard InChI is InChI=1S/C19H15Cl2N3O4S/c1-10(25)12-6-15(23-9-12)17(26)22-4-5-24-18(27)16(29-19(24)28)7-11-2-3-13(20)8-14(11)21/h2-3,6-9,23H,4-5H2,1H3,(H,22,26).